The second-order valence-corrected chi connectivity index (χ2v) is 16.6. The molecule has 1 saturated heterocycles. The van der Waals surface area contributed by atoms with Crippen LogP contribution in [0.4, 0.5) is 0 Å². The van der Waals surface area contributed by atoms with E-state index in [1.54, 1.807) is 11.3 Å². The minimum Gasteiger partial charge on any atom is -0.391 e. The van der Waals surface area contributed by atoms with E-state index in [9.17, 15) is 24.3 Å². The van der Waals surface area contributed by atoms with Crippen molar-refractivity contribution in [3.05, 3.63) is 101 Å². The van der Waals surface area contributed by atoms with Gasteiger partial charge in [-0.05, 0) is 59.1 Å². The number of likely N-dealkylation sites (tertiary alicyclic amines) is 1. The number of halogens is 1. The first-order valence-electron chi connectivity index (χ1n) is 19.0. The molecule has 5 atom stereocenters. The zero-order valence-electron chi connectivity index (χ0n) is 33.2. The van der Waals surface area contributed by atoms with Crippen molar-refractivity contribution in [2.24, 2.45) is 16.9 Å². The molecule has 0 saturated carbocycles. The Labute approximate surface area is 345 Å². The molecule has 0 bridgehead atoms. The van der Waals surface area contributed by atoms with Crippen molar-refractivity contribution >= 4 is 47.4 Å². The number of nitrogens with one attached hydrogen (secondary N) is 2. The number of aryl methyl sites for hydroxylation is 1. The van der Waals surface area contributed by atoms with E-state index in [-0.39, 0.29) is 74.6 Å². The van der Waals surface area contributed by atoms with Gasteiger partial charge in [-0.15, -0.1) is 23.7 Å². The summed E-state index contributed by atoms with van der Waals surface area (Å²) in [7, 11) is 0. The van der Waals surface area contributed by atoms with Gasteiger partial charge in [-0.25, -0.2) is 4.98 Å². The van der Waals surface area contributed by atoms with E-state index >= 15 is 0 Å². The Morgan fingerprint density at radius 3 is 2.28 bits per heavy atom. The molecule has 0 aliphatic carbocycles. The molecule has 306 valence electrons. The van der Waals surface area contributed by atoms with Gasteiger partial charge < -0.3 is 36.8 Å². The molecule has 1 fully saturated rings. The zero-order chi connectivity index (χ0) is 40.6. The molecule has 4 amide bonds. The molecule has 0 radical (unpaired) electrons. The zero-order valence-corrected chi connectivity index (χ0v) is 34.8. The van der Waals surface area contributed by atoms with Crippen molar-refractivity contribution in [3.8, 4) is 21.6 Å². The number of aromatic nitrogens is 1. The molecular formula is C43H55ClN6O6S. The number of amides is 4. The number of aliphatic hydroxyl groups excluding tert-OH is 1. The Balaban J connectivity index is 0.00000720. The number of thiazole rings is 1. The monoisotopic (exact) mass is 818 g/mol. The van der Waals surface area contributed by atoms with Crippen molar-refractivity contribution in [3.63, 3.8) is 0 Å². The highest BCUT2D eigenvalue weighted by Crippen LogP contribution is 2.29. The average Bonchev–Trinajstić information content (AvgIpc) is 3.78. The van der Waals surface area contributed by atoms with Gasteiger partial charge in [0.1, 0.15) is 12.1 Å². The molecule has 3 aromatic carbocycles. The average molecular weight is 819 g/mol. The van der Waals surface area contributed by atoms with Crippen LogP contribution in [0.25, 0.3) is 21.6 Å². The van der Waals surface area contributed by atoms with Gasteiger partial charge in [0, 0.05) is 32.0 Å². The lowest BCUT2D eigenvalue weighted by Gasteiger charge is -2.35. The molecule has 1 aliphatic rings. The van der Waals surface area contributed by atoms with Gasteiger partial charge in [0.05, 0.1) is 41.3 Å². The molecule has 57 heavy (non-hydrogen) atoms. The summed E-state index contributed by atoms with van der Waals surface area (Å²) in [6.45, 7) is 10.1. The third-order valence-electron chi connectivity index (χ3n) is 10.1. The van der Waals surface area contributed by atoms with E-state index < -0.39 is 29.5 Å². The molecule has 1 aliphatic heterocycles. The summed E-state index contributed by atoms with van der Waals surface area (Å²) < 4.78 is 5.92. The summed E-state index contributed by atoms with van der Waals surface area (Å²) in [5, 5.41) is 16.5. The fraction of sp³-hybridized carbons (Fsp3) is 0.419. The maximum atomic E-state index is 14.1. The number of aliphatic hydroxyl groups is 1. The number of carbonyl (C=O) groups excluding carboxylic acids is 4. The highest BCUT2D eigenvalue weighted by Gasteiger charge is 2.44. The lowest BCUT2D eigenvalue weighted by atomic mass is 9.85. The number of hydrogen-bond acceptors (Lipinski definition) is 9. The molecule has 0 spiro atoms. The molecule has 5 rings (SSSR count). The van der Waals surface area contributed by atoms with Gasteiger partial charge in [-0.1, -0.05) is 93.6 Å². The summed E-state index contributed by atoms with van der Waals surface area (Å²) in [4.78, 5) is 59.0. The van der Waals surface area contributed by atoms with E-state index in [4.69, 9.17) is 16.2 Å². The molecule has 1 aromatic heterocycles. The van der Waals surface area contributed by atoms with Crippen LogP contribution < -0.4 is 22.1 Å². The number of rotatable bonds is 16. The summed E-state index contributed by atoms with van der Waals surface area (Å²) in [5.74, 6) is -1.48. The van der Waals surface area contributed by atoms with Crippen LogP contribution >= 0.6 is 23.7 Å². The molecule has 12 nitrogen and oxygen atoms in total. The minimum atomic E-state index is -0.934. The fourth-order valence-electron chi connectivity index (χ4n) is 6.73. The molecular weight excluding hydrogens is 764 g/mol. The van der Waals surface area contributed by atoms with Crippen molar-refractivity contribution in [2.75, 3.05) is 6.54 Å². The Bertz CT molecular complexity index is 1980. The van der Waals surface area contributed by atoms with Crippen LogP contribution in [0.2, 0.25) is 0 Å². The topological polar surface area (TPSA) is 190 Å². The van der Waals surface area contributed by atoms with Gasteiger partial charge in [-0.2, -0.15) is 0 Å². The van der Waals surface area contributed by atoms with Gasteiger partial charge in [0.25, 0.3) is 0 Å². The van der Waals surface area contributed by atoms with E-state index in [1.165, 1.54) is 4.90 Å². The first-order valence-corrected chi connectivity index (χ1v) is 19.9. The van der Waals surface area contributed by atoms with Gasteiger partial charge in [0.15, 0.2) is 0 Å². The SMILES string of the molecule is Cc1ncsc1-c1ccc(CNC(=O)[C@@H]2C[C@@H](O)CN2C(=O)[C@@H](NC(=O)Cc2cccc(-c3ccc(CO[C@H](C)[C@@H](N)CCC(N)=O)cc3)c2)C(C)(C)C)cc1.Cl. The summed E-state index contributed by atoms with van der Waals surface area (Å²) >= 11 is 1.58. The number of nitrogens with zero attached hydrogens (tertiary/aromatic N) is 2. The largest absolute Gasteiger partial charge is 0.391 e. The quantitative estimate of drug-likeness (QED) is 0.104. The van der Waals surface area contributed by atoms with Crippen LogP contribution in [0.15, 0.2) is 78.3 Å². The van der Waals surface area contributed by atoms with Crippen molar-refractivity contribution in [1.29, 1.82) is 0 Å². The van der Waals surface area contributed by atoms with E-state index in [1.807, 2.05) is 113 Å². The third-order valence-corrected chi connectivity index (χ3v) is 11.1. The van der Waals surface area contributed by atoms with E-state index in [0.29, 0.717) is 13.0 Å². The predicted molar refractivity (Wildman–Crippen MR) is 225 cm³/mol. The fourth-order valence-corrected chi connectivity index (χ4v) is 7.54. The minimum absolute atomic E-state index is 0. The van der Waals surface area contributed by atoms with Crippen LogP contribution in [-0.2, 0) is 43.5 Å². The number of hydrogen-bond donors (Lipinski definition) is 5. The van der Waals surface area contributed by atoms with Crippen molar-refractivity contribution in [1.82, 2.24) is 20.5 Å². The van der Waals surface area contributed by atoms with Gasteiger partial charge in [-0.3, -0.25) is 19.2 Å². The molecule has 0 unspecified atom stereocenters. The highest BCUT2D eigenvalue weighted by molar-refractivity contribution is 7.13. The number of nitrogens with two attached hydrogens (primary N) is 2. The van der Waals surface area contributed by atoms with Crippen LogP contribution in [0.5, 0.6) is 0 Å². The Morgan fingerprint density at radius 1 is 0.982 bits per heavy atom. The smallest absolute Gasteiger partial charge is 0.246 e. The summed E-state index contributed by atoms with van der Waals surface area (Å²) in [6, 6.07) is 21.4. The van der Waals surface area contributed by atoms with Crippen molar-refractivity contribution in [2.45, 2.75) is 104 Å². The van der Waals surface area contributed by atoms with E-state index in [0.717, 1.165) is 44.0 Å². The molecule has 14 heteroatoms. The number of carbonyl (C=O) groups is 4. The first kappa shape index (κ1) is 45.0. The number of benzene rings is 3. The third kappa shape index (κ3) is 12.4. The normalized spacial score (nSPS) is 16.9. The first-order chi connectivity index (χ1) is 26.6. The van der Waals surface area contributed by atoms with E-state index in [2.05, 4.69) is 15.6 Å². The Hall–Kier alpha value is -4.66. The highest BCUT2D eigenvalue weighted by atomic mass is 35.5. The maximum absolute atomic E-state index is 14.1. The predicted octanol–water partition coefficient (Wildman–Crippen LogP) is 5.06. The van der Waals surface area contributed by atoms with Crippen LogP contribution in [-0.4, -0.2) is 75.5 Å². The van der Waals surface area contributed by atoms with Gasteiger partial charge in [0.2, 0.25) is 23.6 Å². The summed E-state index contributed by atoms with van der Waals surface area (Å²) in [5.41, 5.74) is 19.0. The second kappa shape index (κ2) is 20.2. The number of ether oxygens (including phenoxy) is 1. The molecule has 2 heterocycles. The second-order valence-electron chi connectivity index (χ2n) is 15.7. The lowest BCUT2D eigenvalue weighted by molar-refractivity contribution is -0.144. The Morgan fingerprint density at radius 2 is 1.65 bits per heavy atom. The standard InChI is InChI=1S/C43H54N6O6S.ClH/c1-26-39(56-25-47-26)32-15-9-28(10-16-32)22-46-41(53)36-21-34(50)23-49(36)42(54)40(43(3,4)5)48-38(52)20-30-7-6-8-33(19-30)31-13-11-29(12-14-31)24-55-27(2)35(44)17-18-37(45)51;/h6-16,19,25,27,34-36,40,50H,17-18,20-24,44H2,1-5H3,(H2,45,51)(H,46,53)(H,48,52);1H/t27-,34-,35+,36+,40-;/m1./s1. The molecule has 7 N–H and O–H groups in total. The summed E-state index contributed by atoms with van der Waals surface area (Å²) in [6.07, 6.45) is -0.271. The van der Waals surface area contributed by atoms with Crippen LogP contribution in [0, 0.1) is 12.3 Å². The van der Waals surface area contributed by atoms with Crippen LogP contribution in [0.1, 0.15) is 69.3 Å². The van der Waals surface area contributed by atoms with Gasteiger partial charge >= 0.3 is 0 Å². The maximum Gasteiger partial charge on any atom is 0.246 e. The number of β-amino-alcohol motifs (C(OH)–C–C–N with tert-alkyl or cyclic N) is 1. The number of primary amides is 1. The molecule has 4 aromatic rings. The lowest BCUT2D eigenvalue weighted by Crippen LogP contribution is -2.58. The van der Waals surface area contributed by atoms with Crippen LogP contribution in [0.3, 0.4) is 0 Å². The Kier molecular flexibility index (Phi) is 15.9. The van der Waals surface area contributed by atoms with Crippen molar-refractivity contribution < 1.29 is 29.0 Å².